The van der Waals surface area contributed by atoms with E-state index in [0.29, 0.717) is 24.5 Å². The Bertz CT molecular complexity index is 787. The molecule has 24 heavy (non-hydrogen) atoms. The second-order valence-corrected chi connectivity index (χ2v) is 5.39. The van der Waals surface area contributed by atoms with E-state index in [-0.39, 0.29) is 11.9 Å². The van der Waals surface area contributed by atoms with Crippen LogP contribution in [0.4, 0.5) is 0 Å². The van der Waals surface area contributed by atoms with Gasteiger partial charge < -0.3 is 5.32 Å². The number of carbonyl (C=O) groups is 1. The molecule has 2 heterocycles. The Morgan fingerprint density at radius 3 is 2.75 bits per heavy atom. The highest BCUT2D eigenvalue weighted by Crippen LogP contribution is 2.19. The lowest BCUT2D eigenvalue weighted by Gasteiger charge is -2.16. The average Bonchev–Trinajstić information content (AvgIpc) is 3.05. The van der Waals surface area contributed by atoms with Crippen LogP contribution >= 0.6 is 0 Å². The van der Waals surface area contributed by atoms with Crippen molar-refractivity contribution in [1.29, 1.82) is 0 Å². The van der Waals surface area contributed by atoms with Crippen molar-refractivity contribution in [2.45, 2.75) is 25.8 Å². The summed E-state index contributed by atoms with van der Waals surface area (Å²) >= 11 is 0. The molecule has 3 aromatic rings. The van der Waals surface area contributed by atoms with Crippen LogP contribution in [-0.4, -0.2) is 31.1 Å². The standard InChI is InChI=1S/C17H18N6O/c1-12-20-17(23-22-12)16(13-5-3-2-4-6-13)21-15(24)8-7-14-9-10-18-11-19-14/h2-6,9-11,16H,7-8H2,1H3,(H,21,24)(H,20,22,23)/t16-/m1/s1. The van der Waals surface area contributed by atoms with Crippen LogP contribution in [-0.2, 0) is 11.2 Å². The largest absolute Gasteiger partial charge is 0.342 e. The molecule has 0 spiro atoms. The van der Waals surface area contributed by atoms with Gasteiger partial charge in [0.05, 0.1) is 0 Å². The minimum Gasteiger partial charge on any atom is -0.342 e. The van der Waals surface area contributed by atoms with Crippen molar-refractivity contribution in [3.05, 3.63) is 71.8 Å². The SMILES string of the molecule is Cc1nc([C@H](NC(=O)CCc2ccncn2)c2ccccc2)n[nH]1. The summed E-state index contributed by atoms with van der Waals surface area (Å²) in [6, 6.07) is 11.1. The third-order valence-corrected chi connectivity index (χ3v) is 3.56. The van der Waals surface area contributed by atoms with Crippen molar-refractivity contribution >= 4 is 5.91 Å². The molecule has 1 aromatic carbocycles. The Morgan fingerprint density at radius 2 is 2.08 bits per heavy atom. The molecule has 0 fully saturated rings. The van der Waals surface area contributed by atoms with Crippen LogP contribution in [0.2, 0.25) is 0 Å². The summed E-state index contributed by atoms with van der Waals surface area (Å²) in [7, 11) is 0. The average molecular weight is 322 g/mol. The summed E-state index contributed by atoms with van der Waals surface area (Å²) < 4.78 is 0. The molecule has 0 bridgehead atoms. The van der Waals surface area contributed by atoms with E-state index in [1.165, 1.54) is 6.33 Å². The molecule has 0 aliphatic rings. The van der Waals surface area contributed by atoms with Gasteiger partial charge in [-0.1, -0.05) is 30.3 Å². The molecule has 1 atom stereocenters. The summed E-state index contributed by atoms with van der Waals surface area (Å²) in [5.41, 5.74) is 1.78. The van der Waals surface area contributed by atoms with Crippen LogP contribution in [0.5, 0.6) is 0 Å². The highest BCUT2D eigenvalue weighted by molar-refractivity contribution is 5.77. The number of nitrogens with one attached hydrogen (secondary N) is 2. The Kier molecular flexibility index (Phi) is 4.90. The van der Waals surface area contributed by atoms with Crippen LogP contribution in [0.15, 0.2) is 48.9 Å². The van der Waals surface area contributed by atoms with Gasteiger partial charge in [-0.2, -0.15) is 5.10 Å². The number of benzene rings is 1. The molecule has 7 nitrogen and oxygen atoms in total. The molecule has 0 unspecified atom stereocenters. The van der Waals surface area contributed by atoms with Crippen LogP contribution in [0.3, 0.4) is 0 Å². The predicted molar refractivity (Wildman–Crippen MR) is 87.9 cm³/mol. The Balaban J connectivity index is 1.71. The lowest BCUT2D eigenvalue weighted by molar-refractivity contribution is -0.121. The molecule has 0 saturated carbocycles. The quantitative estimate of drug-likeness (QED) is 0.720. The summed E-state index contributed by atoms with van der Waals surface area (Å²) in [5, 5.41) is 10.0. The van der Waals surface area contributed by atoms with Crippen molar-refractivity contribution in [2.75, 3.05) is 0 Å². The Morgan fingerprint density at radius 1 is 1.25 bits per heavy atom. The fourth-order valence-corrected chi connectivity index (χ4v) is 2.37. The van der Waals surface area contributed by atoms with Gasteiger partial charge in [0.1, 0.15) is 18.2 Å². The van der Waals surface area contributed by atoms with Gasteiger partial charge in [-0.3, -0.25) is 9.89 Å². The van der Waals surface area contributed by atoms with Crippen molar-refractivity contribution < 1.29 is 4.79 Å². The minimum absolute atomic E-state index is 0.0788. The summed E-state index contributed by atoms with van der Waals surface area (Å²) in [4.78, 5) is 24.7. The zero-order chi connectivity index (χ0) is 16.8. The highest BCUT2D eigenvalue weighted by atomic mass is 16.1. The number of H-pyrrole nitrogens is 1. The molecule has 0 aliphatic heterocycles. The highest BCUT2D eigenvalue weighted by Gasteiger charge is 2.20. The van der Waals surface area contributed by atoms with E-state index in [4.69, 9.17) is 0 Å². The number of aryl methyl sites for hydroxylation is 2. The smallest absolute Gasteiger partial charge is 0.221 e. The normalized spacial score (nSPS) is 11.9. The number of carbonyl (C=O) groups excluding carboxylic acids is 1. The van der Waals surface area contributed by atoms with E-state index in [9.17, 15) is 4.79 Å². The van der Waals surface area contributed by atoms with Crippen LogP contribution in [0.1, 0.15) is 35.4 Å². The van der Waals surface area contributed by atoms with Crippen LogP contribution in [0, 0.1) is 6.92 Å². The fraction of sp³-hybridized carbons (Fsp3) is 0.235. The third kappa shape index (κ3) is 4.01. The molecule has 0 saturated heterocycles. The molecular formula is C17H18N6O. The lowest BCUT2D eigenvalue weighted by atomic mass is 10.1. The Hall–Kier alpha value is -3.09. The second kappa shape index (κ2) is 7.45. The maximum atomic E-state index is 12.4. The molecule has 2 aromatic heterocycles. The van der Waals surface area contributed by atoms with E-state index >= 15 is 0 Å². The summed E-state index contributed by atoms with van der Waals surface area (Å²) in [6.07, 6.45) is 4.05. The van der Waals surface area contributed by atoms with Gasteiger partial charge in [0.25, 0.3) is 0 Å². The summed E-state index contributed by atoms with van der Waals surface area (Å²) in [5.74, 6) is 1.18. The number of hydrogen-bond donors (Lipinski definition) is 2. The topological polar surface area (TPSA) is 96.5 Å². The molecular weight excluding hydrogens is 304 g/mol. The monoisotopic (exact) mass is 322 g/mol. The number of rotatable bonds is 6. The molecule has 7 heteroatoms. The van der Waals surface area contributed by atoms with Gasteiger partial charge in [0.15, 0.2) is 5.82 Å². The molecule has 122 valence electrons. The Labute approximate surface area is 139 Å². The lowest BCUT2D eigenvalue weighted by Crippen LogP contribution is -2.30. The number of aromatic amines is 1. The van der Waals surface area contributed by atoms with E-state index in [1.807, 2.05) is 37.3 Å². The number of nitrogens with zero attached hydrogens (tertiary/aromatic N) is 4. The first kappa shape index (κ1) is 15.8. The van der Waals surface area contributed by atoms with E-state index in [2.05, 4.69) is 30.5 Å². The molecule has 3 rings (SSSR count). The molecule has 1 amide bonds. The maximum Gasteiger partial charge on any atom is 0.221 e. The molecule has 0 radical (unpaired) electrons. The van der Waals surface area contributed by atoms with Crippen LogP contribution < -0.4 is 5.32 Å². The van der Waals surface area contributed by atoms with Gasteiger partial charge in [-0.05, 0) is 25.0 Å². The number of amides is 1. The summed E-state index contributed by atoms with van der Waals surface area (Å²) in [6.45, 7) is 1.83. The van der Waals surface area contributed by atoms with Gasteiger partial charge in [-0.15, -0.1) is 0 Å². The fourth-order valence-electron chi connectivity index (χ4n) is 2.37. The van der Waals surface area contributed by atoms with Gasteiger partial charge in [-0.25, -0.2) is 15.0 Å². The molecule has 2 N–H and O–H groups in total. The number of aromatic nitrogens is 5. The zero-order valence-corrected chi connectivity index (χ0v) is 13.3. The van der Waals surface area contributed by atoms with Crippen LogP contribution in [0.25, 0.3) is 0 Å². The predicted octanol–water partition coefficient (Wildman–Crippen LogP) is 1.74. The van der Waals surface area contributed by atoms with Crippen molar-refractivity contribution in [3.63, 3.8) is 0 Å². The zero-order valence-electron chi connectivity index (χ0n) is 13.3. The van der Waals surface area contributed by atoms with Gasteiger partial charge in [0.2, 0.25) is 5.91 Å². The number of hydrogen-bond acceptors (Lipinski definition) is 5. The van der Waals surface area contributed by atoms with E-state index < -0.39 is 0 Å². The first-order valence-corrected chi connectivity index (χ1v) is 7.70. The van der Waals surface area contributed by atoms with Crippen molar-refractivity contribution in [2.24, 2.45) is 0 Å². The first-order valence-electron chi connectivity index (χ1n) is 7.70. The van der Waals surface area contributed by atoms with E-state index in [0.717, 1.165) is 11.3 Å². The van der Waals surface area contributed by atoms with E-state index in [1.54, 1.807) is 12.3 Å². The third-order valence-electron chi connectivity index (χ3n) is 3.56. The second-order valence-electron chi connectivity index (χ2n) is 5.39. The molecule has 0 aliphatic carbocycles. The minimum atomic E-state index is -0.381. The van der Waals surface area contributed by atoms with Crippen molar-refractivity contribution in [1.82, 2.24) is 30.5 Å². The van der Waals surface area contributed by atoms with Crippen molar-refractivity contribution in [3.8, 4) is 0 Å². The maximum absolute atomic E-state index is 12.4. The van der Waals surface area contributed by atoms with Gasteiger partial charge >= 0.3 is 0 Å². The first-order chi connectivity index (χ1) is 11.7. The van der Waals surface area contributed by atoms with Gasteiger partial charge in [0, 0.05) is 18.3 Å².